The first kappa shape index (κ1) is 12.1. The Hall–Kier alpha value is -2.33. The quantitative estimate of drug-likeness (QED) is 0.773. The molecule has 0 unspecified atom stereocenters. The van der Waals surface area contributed by atoms with E-state index in [4.69, 9.17) is 10.2 Å². The van der Waals surface area contributed by atoms with Gasteiger partial charge in [0.2, 0.25) is 0 Å². The molecule has 0 radical (unpaired) electrons. The van der Waals surface area contributed by atoms with Crippen molar-refractivity contribution in [2.45, 2.75) is 6.61 Å². The molecule has 0 aliphatic rings. The maximum atomic E-state index is 10.9. The Balaban J connectivity index is 2.50. The molecule has 2 rings (SSSR count). The summed E-state index contributed by atoms with van der Waals surface area (Å²) < 4.78 is 0. The zero-order valence-electron chi connectivity index (χ0n) is 9.50. The highest BCUT2D eigenvalue weighted by atomic mass is 16.4. The molecule has 4 heteroatoms. The first-order valence-corrected chi connectivity index (χ1v) is 5.38. The fourth-order valence-electron chi connectivity index (χ4n) is 1.74. The summed E-state index contributed by atoms with van der Waals surface area (Å²) in [6.45, 7) is -0.0717. The Bertz CT molecular complexity index is 590. The molecule has 3 N–H and O–H groups in total. The van der Waals surface area contributed by atoms with Crippen LogP contribution in [0.2, 0.25) is 0 Å². The van der Waals surface area contributed by atoms with Crippen molar-refractivity contribution in [3.63, 3.8) is 0 Å². The number of hydrogen-bond donors (Lipinski definition) is 3. The van der Waals surface area contributed by atoms with Crippen molar-refractivity contribution in [2.24, 2.45) is 0 Å². The Morgan fingerprint density at radius 3 is 2.44 bits per heavy atom. The van der Waals surface area contributed by atoms with Crippen molar-refractivity contribution in [3.05, 3.63) is 53.6 Å². The van der Waals surface area contributed by atoms with Crippen molar-refractivity contribution in [2.75, 3.05) is 0 Å². The summed E-state index contributed by atoms with van der Waals surface area (Å²) in [7, 11) is 0. The second-order valence-corrected chi connectivity index (χ2v) is 3.90. The third kappa shape index (κ3) is 2.33. The minimum atomic E-state index is -1.17. The van der Waals surface area contributed by atoms with Crippen molar-refractivity contribution < 1.29 is 20.1 Å². The highest BCUT2D eigenvalue weighted by Crippen LogP contribution is 2.26. The van der Waals surface area contributed by atoms with Gasteiger partial charge in [0.15, 0.2) is 0 Å². The number of carboxylic acids is 1. The Morgan fingerprint density at radius 2 is 1.78 bits per heavy atom. The molecule has 0 spiro atoms. The Labute approximate surface area is 104 Å². The van der Waals surface area contributed by atoms with Crippen molar-refractivity contribution >= 4 is 5.97 Å². The maximum Gasteiger partial charge on any atom is 0.339 e. The molecule has 18 heavy (non-hydrogen) atoms. The number of benzene rings is 2. The third-order valence-electron chi connectivity index (χ3n) is 2.67. The number of carbonyl (C=O) groups is 1. The summed E-state index contributed by atoms with van der Waals surface area (Å²) in [5.74, 6) is -1.43. The predicted molar refractivity (Wildman–Crippen MR) is 66.4 cm³/mol. The second kappa shape index (κ2) is 4.89. The molecule has 92 valence electrons. The lowest BCUT2D eigenvalue weighted by Gasteiger charge is -2.06. The van der Waals surface area contributed by atoms with Crippen LogP contribution in [0.1, 0.15) is 15.9 Å². The molecule has 0 atom stereocenters. The van der Waals surface area contributed by atoms with E-state index in [-0.39, 0.29) is 17.9 Å². The van der Waals surface area contributed by atoms with Gasteiger partial charge in [0.25, 0.3) is 0 Å². The third-order valence-corrected chi connectivity index (χ3v) is 2.67. The van der Waals surface area contributed by atoms with Crippen LogP contribution in [0.5, 0.6) is 5.75 Å². The van der Waals surface area contributed by atoms with E-state index in [1.165, 1.54) is 12.1 Å². The van der Waals surface area contributed by atoms with Gasteiger partial charge in [-0.05, 0) is 34.9 Å². The smallest absolute Gasteiger partial charge is 0.339 e. The van der Waals surface area contributed by atoms with Crippen LogP contribution in [-0.2, 0) is 6.61 Å². The predicted octanol–water partition coefficient (Wildman–Crippen LogP) is 2.25. The molecule has 0 saturated heterocycles. The van der Waals surface area contributed by atoms with E-state index in [0.29, 0.717) is 5.56 Å². The van der Waals surface area contributed by atoms with E-state index >= 15 is 0 Å². The fourth-order valence-corrected chi connectivity index (χ4v) is 1.74. The highest BCUT2D eigenvalue weighted by molar-refractivity contribution is 5.92. The molecule has 2 aromatic rings. The van der Waals surface area contributed by atoms with E-state index in [9.17, 15) is 9.90 Å². The van der Waals surface area contributed by atoms with E-state index in [2.05, 4.69) is 0 Å². The standard InChI is InChI=1S/C14H12O4/c15-8-9-2-1-3-10(6-9)11-4-5-13(16)12(7-11)14(17)18/h1-7,15-16H,8H2,(H,17,18). The normalized spacial score (nSPS) is 10.3. The number of rotatable bonds is 3. The Morgan fingerprint density at radius 1 is 1.06 bits per heavy atom. The van der Waals surface area contributed by atoms with Gasteiger partial charge >= 0.3 is 5.97 Å². The molecule has 0 saturated carbocycles. The number of aromatic carboxylic acids is 1. The van der Waals surface area contributed by atoms with Crippen LogP contribution in [0.25, 0.3) is 11.1 Å². The van der Waals surface area contributed by atoms with Crippen molar-refractivity contribution in [1.29, 1.82) is 0 Å². The van der Waals surface area contributed by atoms with Gasteiger partial charge in [0, 0.05) is 0 Å². The average molecular weight is 244 g/mol. The number of aliphatic hydroxyl groups is 1. The molecule has 0 fully saturated rings. The van der Waals surface area contributed by atoms with Crippen LogP contribution in [0.3, 0.4) is 0 Å². The molecule has 0 aliphatic carbocycles. The minimum absolute atomic E-state index is 0.0717. The monoisotopic (exact) mass is 244 g/mol. The van der Waals surface area contributed by atoms with E-state index in [1.54, 1.807) is 24.3 Å². The fraction of sp³-hybridized carbons (Fsp3) is 0.0714. The summed E-state index contributed by atoms with van der Waals surface area (Å²) in [5, 5.41) is 27.4. The largest absolute Gasteiger partial charge is 0.507 e. The summed E-state index contributed by atoms with van der Waals surface area (Å²) >= 11 is 0. The molecule has 0 aromatic heterocycles. The van der Waals surface area contributed by atoms with E-state index < -0.39 is 5.97 Å². The highest BCUT2D eigenvalue weighted by Gasteiger charge is 2.11. The topological polar surface area (TPSA) is 77.8 Å². The molecule has 2 aromatic carbocycles. The lowest BCUT2D eigenvalue weighted by Crippen LogP contribution is -1.97. The number of aromatic hydroxyl groups is 1. The number of hydrogen-bond acceptors (Lipinski definition) is 3. The van der Waals surface area contributed by atoms with Gasteiger partial charge in [-0.15, -0.1) is 0 Å². The van der Waals surface area contributed by atoms with Gasteiger partial charge in [0.1, 0.15) is 11.3 Å². The van der Waals surface area contributed by atoms with Gasteiger partial charge < -0.3 is 15.3 Å². The molecular formula is C14H12O4. The number of aliphatic hydroxyl groups excluding tert-OH is 1. The second-order valence-electron chi connectivity index (χ2n) is 3.90. The van der Waals surface area contributed by atoms with Crippen LogP contribution >= 0.6 is 0 Å². The van der Waals surface area contributed by atoms with Gasteiger partial charge in [-0.25, -0.2) is 4.79 Å². The zero-order valence-corrected chi connectivity index (χ0v) is 9.50. The van der Waals surface area contributed by atoms with Gasteiger partial charge in [-0.2, -0.15) is 0 Å². The van der Waals surface area contributed by atoms with Crippen LogP contribution in [0.4, 0.5) is 0 Å². The zero-order chi connectivity index (χ0) is 13.1. The average Bonchev–Trinajstić information content (AvgIpc) is 2.39. The first-order chi connectivity index (χ1) is 8.61. The Kier molecular flexibility index (Phi) is 3.30. The van der Waals surface area contributed by atoms with Gasteiger partial charge in [-0.3, -0.25) is 0 Å². The minimum Gasteiger partial charge on any atom is -0.507 e. The molecule has 4 nitrogen and oxygen atoms in total. The molecule has 0 aliphatic heterocycles. The first-order valence-electron chi connectivity index (χ1n) is 5.38. The van der Waals surface area contributed by atoms with Crippen LogP contribution in [-0.4, -0.2) is 21.3 Å². The van der Waals surface area contributed by atoms with Gasteiger partial charge in [-0.1, -0.05) is 24.3 Å². The maximum absolute atomic E-state index is 10.9. The molecule has 0 heterocycles. The van der Waals surface area contributed by atoms with Crippen molar-refractivity contribution in [1.82, 2.24) is 0 Å². The van der Waals surface area contributed by atoms with Crippen LogP contribution < -0.4 is 0 Å². The summed E-state index contributed by atoms with van der Waals surface area (Å²) in [4.78, 5) is 10.9. The number of carboxylic acid groups (broad SMARTS) is 1. The van der Waals surface area contributed by atoms with E-state index in [0.717, 1.165) is 11.1 Å². The van der Waals surface area contributed by atoms with Crippen LogP contribution in [0, 0.1) is 0 Å². The number of phenols is 1. The summed E-state index contributed by atoms with van der Waals surface area (Å²) in [6, 6.07) is 11.6. The molecule has 0 amide bonds. The van der Waals surface area contributed by atoms with Gasteiger partial charge in [0.05, 0.1) is 6.61 Å². The lowest BCUT2D eigenvalue weighted by molar-refractivity contribution is 0.0694. The van der Waals surface area contributed by atoms with Crippen molar-refractivity contribution in [3.8, 4) is 16.9 Å². The molecular weight excluding hydrogens is 232 g/mol. The lowest BCUT2D eigenvalue weighted by atomic mass is 10.0. The molecule has 0 bridgehead atoms. The summed E-state index contributed by atoms with van der Waals surface area (Å²) in [6.07, 6.45) is 0. The van der Waals surface area contributed by atoms with E-state index in [1.807, 2.05) is 6.07 Å². The van der Waals surface area contributed by atoms with Crippen LogP contribution in [0.15, 0.2) is 42.5 Å². The SMILES string of the molecule is O=C(O)c1cc(-c2cccc(CO)c2)ccc1O. The summed E-state index contributed by atoms with van der Waals surface area (Å²) in [5.41, 5.74) is 2.09.